The summed E-state index contributed by atoms with van der Waals surface area (Å²) in [5, 5.41) is 12.5. The first kappa shape index (κ1) is 17.6. The lowest BCUT2D eigenvalue weighted by Gasteiger charge is -2.29. The van der Waals surface area contributed by atoms with Gasteiger partial charge < -0.3 is 10.4 Å². The normalized spacial score (nSPS) is 17.3. The molecule has 2 aromatic rings. The molecule has 4 nitrogen and oxygen atoms in total. The highest BCUT2D eigenvalue weighted by atomic mass is 16.3. The second kappa shape index (κ2) is 8.28. The second-order valence-corrected chi connectivity index (χ2v) is 6.65. The van der Waals surface area contributed by atoms with Gasteiger partial charge in [0, 0.05) is 12.6 Å². The Kier molecular flexibility index (Phi) is 5.84. The van der Waals surface area contributed by atoms with Crippen LogP contribution < -0.4 is 5.32 Å². The van der Waals surface area contributed by atoms with Crippen molar-refractivity contribution < 1.29 is 9.90 Å². The summed E-state index contributed by atoms with van der Waals surface area (Å²) in [7, 11) is 0. The molecule has 132 valence electrons. The molecule has 0 fully saturated rings. The molecule has 2 unspecified atom stereocenters. The van der Waals surface area contributed by atoms with Gasteiger partial charge >= 0.3 is 0 Å². The van der Waals surface area contributed by atoms with Crippen molar-refractivity contribution in [3.8, 4) is 0 Å². The van der Waals surface area contributed by atoms with Crippen LogP contribution in [0.15, 0.2) is 54.6 Å². The highest BCUT2D eigenvalue weighted by Crippen LogP contribution is 2.35. The highest BCUT2D eigenvalue weighted by molar-refractivity contribution is 5.78. The number of rotatable bonds is 7. The summed E-state index contributed by atoms with van der Waals surface area (Å²) >= 11 is 0. The lowest BCUT2D eigenvalue weighted by atomic mass is 10.1. The number of fused-ring (bicyclic) bond motifs is 1. The minimum atomic E-state index is -0.0273. The Bertz CT molecular complexity index is 702. The highest BCUT2D eigenvalue weighted by Gasteiger charge is 2.28. The topological polar surface area (TPSA) is 52.6 Å². The molecule has 1 aliphatic rings. The van der Waals surface area contributed by atoms with E-state index in [1.54, 1.807) is 0 Å². The number of nitrogens with one attached hydrogen (secondary N) is 1. The number of aryl methyl sites for hydroxylation is 1. The molecule has 0 saturated heterocycles. The minimum Gasteiger partial charge on any atom is -0.395 e. The summed E-state index contributed by atoms with van der Waals surface area (Å²) in [5.74, 6) is -0.00539. The van der Waals surface area contributed by atoms with Crippen LogP contribution in [0, 0.1) is 0 Å². The molecule has 25 heavy (non-hydrogen) atoms. The lowest BCUT2D eigenvalue weighted by Crippen LogP contribution is -2.41. The number of amides is 1. The lowest BCUT2D eigenvalue weighted by molar-refractivity contribution is -0.123. The minimum absolute atomic E-state index is 0.00539. The number of carbonyl (C=O) groups excluding carboxylic acids is 1. The number of nitrogens with zero attached hydrogens (tertiary/aromatic N) is 1. The third-order valence-electron chi connectivity index (χ3n) is 4.95. The summed E-state index contributed by atoms with van der Waals surface area (Å²) in [6.07, 6.45) is 2.03. The Morgan fingerprint density at radius 1 is 1.20 bits per heavy atom. The van der Waals surface area contributed by atoms with Gasteiger partial charge in [-0.3, -0.25) is 9.69 Å². The maximum absolute atomic E-state index is 12.5. The van der Waals surface area contributed by atoms with Crippen molar-refractivity contribution in [1.82, 2.24) is 10.2 Å². The van der Waals surface area contributed by atoms with E-state index >= 15 is 0 Å². The first-order chi connectivity index (χ1) is 12.2. The van der Waals surface area contributed by atoms with E-state index in [1.165, 1.54) is 11.1 Å². The number of benzene rings is 2. The Morgan fingerprint density at radius 2 is 1.92 bits per heavy atom. The second-order valence-electron chi connectivity index (χ2n) is 6.65. The van der Waals surface area contributed by atoms with Crippen LogP contribution in [-0.2, 0) is 11.2 Å². The Hall–Kier alpha value is -2.17. The van der Waals surface area contributed by atoms with Gasteiger partial charge in [-0.1, -0.05) is 54.6 Å². The van der Waals surface area contributed by atoms with Gasteiger partial charge in [0.1, 0.15) is 0 Å². The fraction of sp³-hybridized carbons (Fsp3) is 0.381. The molecule has 1 aliphatic carbocycles. The van der Waals surface area contributed by atoms with E-state index < -0.39 is 0 Å². The predicted octanol–water partition coefficient (Wildman–Crippen LogP) is 2.85. The van der Waals surface area contributed by atoms with Crippen molar-refractivity contribution >= 4 is 5.91 Å². The first-order valence-electron chi connectivity index (χ1n) is 8.96. The van der Waals surface area contributed by atoms with Crippen molar-refractivity contribution in [3.63, 3.8) is 0 Å². The van der Waals surface area contributed by atoms with Gasteiger partial charge in [0.2, 0.25) is 5.91 Å². The van der Waals surface area contributed by atoms with Gasteiger partial charge in [-0.2, -0.15) is 0 Å². The zero-order chi connectivity index (χ0) is 17.6. The zero-order valence-electron chi connectivity index (χ0n) is 14.7. The van der Waals surface area contributed by atoms with Gasteiger partial charge in [0.05, 0.1) is 19.2 Å². The van der Waals surface area contributed by atoms with Crippen LogP contribution in [0.3, 0.4) is 0 Å². The average molecular weight is 338 g/mol. The Balaban J connectivity index is 1.65. The molecule has 0 aliphatic heterocycles. The van der Waals surface area contributed by atoms with Crippen LogP contribution in [0.2, 0.25) is 0 Å². The van der Waals surface area contributed by atoms with Crippen LogP contribution in [-0.4, -0.2) is 35.6 Å². The molecule has 0 radical (unpaired) electrons. The van der Waals surface area contributed by atoms with Crippen LogP contribution in [0.4, 0.5) is 0 Å². The van der Waals surface area contributed by atoms with Crippen molar-refractivity contribution in [1.29, 1.82) is 0 Å². The van der Waals surface area contributed by atoms with Crippen molar-refractivity contribution in [2.45, 2.75) is 31.8 Å². The maximum atomic E-state index is 12.5. The molecule has 4 heteroatoms. The quantitative estimate of drug-likeness (QED) is 0.816. The molecule has 1 amide bonds. The van der Waals surface area contributed by atoms with Gasteiger partial charge in [0.25, 0.3) is 0 Å². The van der Waals surface area contributed by atoms with E-state index in [4.69, 9.17) is 0 Å². The molecular weight excluding hydrogens is 312 g/mol. The molecule has 2 aromatic carbocycles. The summed E-state index contributed by atoms with van der Waals surface area (Å²) in [6.45, 7) is 2.86. The predicted molar refractivity (Wildman–Crippen MR) is 99.2 cm³/mol. The van der Waals surface area contributed by atoms with Crippen LogP contribution in [0.25, 0.3) is 0 Å². The van der Waals surface area contributed by atoms with Gasteiger partial charge in [0.15, 0.2) is 0 Å². The summed E-state index contributed by atoms with van der Waals surface area (Å²) in [6, 6.07) is 18.5. The van der Waals surface area contributed by atoms with E-state index in [0.717, 1.165) is 18.4 Å². The summed E-state index contributed by atoms with van der Waals surface area (Å²) in [5.41, 5.74) is 3.74. The molecule has 0 aromatic heterocycles. The third-order valence-corrected chi connectivity index (χ3v) is 4.95. The fourth-order valence-electron chi connectivity index (χ4n) is 3.68. The largest absolute Gasteiger partial charge is 0.395 e. The molecular formula is C21H26N2O2. The molecule has 0 saturated carbocycles. The molecule has 3 rings (SSSR count). The monoisotopic (exact) mass is 338 g/mol. The van der Waals surface area contributed by atoms with Crippen molar-refractivity contribution in [2.24, 2.45) is 0 Å². The van der Waals surface area contributed by atoms with Crippen molar-refractivity contribution in [2.75, 3.05) is 19.7 Å². The van der Waals surface area contributed by atoms with Crippen molar-refractivity contribution in [3.05, 3.63) is 71.3 Å². The standard InChI is InChI=1S/C21H26N2O2/c1-16(17-7-3-2-4-8-17)22-21(25)15-23(13-14-24)20-12-11-18-9-5-6-10-19(18)20/h2-10,16,20,24H,11-15H2,1H3,(H,22,25). The third kappa shape index (κ3) is 4.27. The van der Waals surface area contributed by atoms with E-state index in [-0.39, 0.29) is 24.6 Å². The Morgan fingerprint density at radius 3 is 2.68 bits per heavy atom. The first-order valence-corrected chi connectivity index (χ1v) is 8.96. The van der Waals surface area contributed by atoms with E-state index in [1.807, 2.05) is 43.3 Å². The Labute approximate surface area is 149 Å². The summed E-state index contributed by atoms with van der Waals surface area (Å²) < 4.78 is 0. The molecule has 2 N–H and O–H groups in total. The number of carbonyl (C=O) groups is 1. The molecule has 0 heterocycles. The maximum Gasteiger partial charge on any atom is 0.234 e. The number of aliphatic hydroxyl groups excluding tert-OH is 1. The van der Waals surface area contributed by atoms with Crippen LogP contribution in [0.1, 0.15) is 42.1 Å². The SMILES string of the molecule is CC(NC(=O)CN(CCO)C1CCc2ccccc21)c1ccccc1. The van der Waals surface area contributed by atoms with E-state index in [9.17, 15) is 9.90 Å². The van der Waals surface area contributed by atoms with Gasteiger partial charge in [-0.05, 0) is 36.5 Å². The number of aliphatic hydroxyl groups is 1. The fourth-order valence-corrected chi connectivity index (χ4v) is 3.68. The van der Waals surface area contributed by atoms with E-state index in [0.29, 0.717) is 13.1 Å². The summed E-state index contributed by atoms with van der Waals surface area (Å²) in [4.78, 5) is 14.6. The van der Waals surface area contributed by atoms with Crippen LogP contribution in [0.5, 0.6) is 0 Å². The molecule has 2 atom stereocenters. The molecule has 0 bridgehead atoms. The molecule has 0 spiro atoms. The van der Waals surface area contributed by atoms with Gasteiger partial charge in [-0.15, -0.1) is 0 Å². The smallest absolute Gasteiger partial charge is 0.234 e. The van der Waals surface area contributed by atoms with Crippen LogP contribution >= 0.6 is 0 Å². The average Bonchev–Trinajstić information content (AvgIpc) is 3.06. The van der Waals surface area contributed by atoms with Gasteiger partial charge in [-0.25, -0.2) is 0 Å². The number of hydrogen-bond donors (Lipinski definition) is 2. The van der Waals surface area contributed by atoms with E-state index in [2.05, 4.69) is 28.4 Å². The zero-order valence-corrected chi connectivity index (χ0v) is 14.7. The number of hydrogen-bond acceptors (Lipinski definition) is 3.